The van der Waals surface area contributed by atoms with E-state index in [9.17, 15) is 4.79 Å². The summed E-state index contributed by atoms with van der Waals surface area (Å²) in [5, 5.41) is 16.2. The van der Waals surface area contributed by atoms with Gasteiger partial charge in [-0.05, 0) is 26.0 Å². The number of benzene rings is 1. The second-order valence-corrected chi connectivity index (χ2v) is 4.12. The number of nitrogens with one attached hydrogen (secondary N) is 2. The molecule has 0 aliphatic rings. The number of amides is 1. The number of nitrogens with two attached hydrogens (primary N) is 1. The van der Waals surface area contributed by atoms with E-state index < -0.39 is 6.04 Å². The highest BCUT2D eigenvalue weighted by Gasteiger charge is 2.20. The molecule has 4 N–H and O–H groups in total. The summed E-state index contributed by atoms with van der Waals surface area (Å²) >= 11 is 0. The van der Waals surface area contributed by atoms with Crippen molar-refractivity contribution in [3.63, 3.8) is 0 Å². The zero-order valence-corrected chi connectivity index (χ0v) is 11.3. The van der Waals surface area contributed by atoms with Crippen LogP contribution in [0.4, 0.5) is 5.69 Å². The van der Waals surface area contributed by atoms with Crippen LogP contribution in [-0.2, 0) is 0 Å². The van der Waals surface area contributed by atoms with E-state index in [4.69, 9.17) is 10.5 Å². The van der Waals surface area contributed by atoms with Gasteiger partial charge in [-0.25, -0.2) is 0 Å². The smallest absolute Gasteiger partial charge is 0.257 e. The Hall–Kier alpha value is -2.64. The molecule has 0 aliphatic carbocycles. The number of aromatic nitrogens is 4. The van der Waals surface area contributed by atoms with E-state index in [0.717, 1.165) is 0 Å². The number of anilines is 1. The van der Waals surface area contributed by atoms with Gasteiger partial charge in [-0.2, -0.15) is 5.21 Å². The minimum atomic E-state index is -0.393. The molecule has 8 nitrogen and oxygen atoms in total. The fraction of sp³-hybridized carbons (Fsp3) is 0.333. The highest BCUT2D eigenvalue weighted by Crippen LogP contribution is 2.25. The SMILES string of the molecule is CCOc1cccc(N)c1C(=O)NC(C)c1nn[nH]n1. The normalized spacial score (nSPS) is 11.9. The molecule has 0 radical (unpaired) electrons. The Morgan fingerprint density at radius 1 is 1.55 bits per heavy atom. The quantitative estimate of drug-likeness (QED) is 0.691. The largest absolute Gasteiger partial charge is 0.493 e. The van der Waals surface area contributed by atoms with Gasteiger partial charge in [0.1, 0.15) is 11.3 Å². The molecule has 1 aromatic heterocycles. The number of carbonyl (C=O) groups excluding carboxylic acids is 1. The lowest BCUT2D eigenvalue weighted by molar-refractivity contribution is 0.0935. The molecule has 0 fully saturated rings. The maximum atomic E-state index is 12.3. The molecule has 20 heavy (non-hydrogen) atoms. The van der Waals surface area contributed by atoms with E-state index >= 15 is 0 Å². The van der Waals surface area contributed by atoms with Crippen LogP contribution in [-0.4, -0.2) is 33.1 Å². The van der Waals surface area contributed by atoms with Gasteiger partial charge in [0.2, 0.25) is 0 Å². The van der Waals surface area contributed by atoms with Crippen LogP contribution >= 0.6 is 0 Å². The lowest BCUT2D eigenvalue weighted by atomic mass is 10.1. The third-order valence-corrected chi connectivity index (χ3v) is 2.68. The van der Waals surface area contributed by atoms with Crippen molar-refractivity contribution in [1.29, 1.82) is 0 Å². The van der Waals surface area contributed by atoms with E-state index in [1.54, 1.807) is 25.1 Å². The Morgan fingerprint density at radius 3 is 3.00 bits per heavy atom. The van der Waals surface area contributed by atoms with Crippen molar-refractivity contribution >= 4 is 11.6 Å². The summed E-state index contributed by atoms with van der Waals surface area (Å²) in [6.07, 6.45) is 0. The summed E-state index contributed by atoms with van der Waals surface area (Å²) < 4.78 is 5.42. The van der Waals surface area contributed by atoms with Crippen molar-refractivity contribution in [3.05, 3.63) is 29.6 Å². The number of tetrazole rings is 1. The van der Waals surface area contributed by atoms with Crippen LogP contribution in [0.5, 0.6) is 5.75 Å². The third-order valence-electron chi connectivity index (χ3n) is 2.68. The molecule has 0 bridgehead atoms. The number of nitrogen functional groups attached to an aromatic ring is 1. The second-order valence-electron chi connectivity index (χ2n) is 4.12. The number of ether oxygens (including phenoxy) is 1. The lowest BCUT2D eigenvalue weighted by Crippen LogP contribution is -2.28. The summed E-state index contributed by atoms with van der Waals surface area (Å²) in [4.78, 5) is 12.3. The molecule has 1 unspecified atom stereocenters. The van der Waals surface area contributed by atoms with E-state index in [1.165, 1.54) is 0 Å². The third kappa shape index (κ3) is 2.85. The molecular weight excluding hydrogens is 260 g/mol. The number of H-pyrrole nitrogens is 1. The van der Waals surface area contributed by atoms with Crippen LogP contribution in [0.2, 0.25) is 0 Å². The first-order chi connectivity index (χ1) is 9.63. The molecular formula is C12H16N6O2. The average Bonchev–Trinajstić information content (AvgIpc) is 2.93. The zero-order chi connectivity index (χ0) is 14.5. The molecule has 0 aliphatic heterocycles. The van der Waals surface area contributed by atoms with Crippen LogP contribution in [0, 0.1) is 0 Å². The minimum Gasteiger partial charge on any atom is -0.493 e. The number of nitrogens with zero attached hydrogens (tertiary/aromatic N) is 3. The predicted octanol–water partition coefficient (Wildman–Crippen LogP) is 0.672. The molecule has 0 saturated carbocycles. The van der Waals surface area contributed by atoms with Crippen molar-refractivity contribution in [2.24, 2.45) is 0 Å². The molecule has 0 saturated heterocycles. The van der Waals surface area contributed by atoms with Crippen LogP contribution in [0.1, 0.15) is 36.1 Å². The molecule has 8 heteroatoms. The summed E-state index contributed by atoms with van der Waals surface area (Å²) in [6, 6.07) is 4.69. The Balaban J connectivity index is 2.20. The van der Waals surface area contributed by atoms with Gasteiger partial charge in [0.25, 0.3) is 5.91 Å². The number of rotatable bonds is 5. The molecule has 1 amide bonds. The highest BCUT2D eigenvalue weighted by molar-refractivity contribution is 6.02. The van der Waals surface area contributed by atoms with Crippen molar-refractivity contribution in [1.82, 2.24) is 25.9 Å². The van der Waals surface area contributed by atoms with Crippen molar-refractivity contribution < 1.29 is 9.53 Å². The van der Waals surface area contributed by atoms with Gasteiger partial charge in [-0.1, -0.05) is 11.3 Å². The Labute approximate surface area is 115 Å². The molecule has 0 spiro atoms. The van der Waals surface area contributed by atoms with Crippen LogP contribution in [0.3, 0.4) is 0 Å². The van der Waals surface area contributed by atoms with Crippen molar-refractivity contribution in [2.75, 3.05) is 12.3 Å². The highest BCUT2D eigenvalue weighted by atomic mass is 16.5. The summed E-state index contributed by atoms with van der Waals surface area (Å²) in [5.74, 6) is 0.500. The monoisotopic (exact) mass is 276 g/mol. The molecule has 1 atom stereocenters. The lowest BCUT2D eigenvalue weighted by Gasteiger charge is -2.14. The minimum absolute atomic E-state index is 0.310. The summed E-state index contributed by atoms with van der Waals surface area (Å²) in [7, 11) is 0. The number of carbonyl (C=O) groups is 1. The predicted molar refractivity (Wildman–Crippen MR) is 72.1 cm³/mol. The van der Waals surface area contributed by atoms with Gasteiger partial charge in [0.15, 0.2) is 5.82 Å². The summed E-state index contributed by atoms with van der Waals surface area (Å²) in [5.41, 5.74) is 6.52. The van der Waals surface area contributed by atoms with Gasteiger partial charge in [-0.15, -0.1) is 10.2 Å². The number of hydrogen-bond donors (Lipinski definition) is 3. The first kappa shape index (κ1) is 13.8. The maximum absolute atomic E-state index is 12.3. The van der Waals surface area contributed by atoms with Crippen LogP contribution in [0.25, 0.3) is 0 Å². The Kier molecular flexibility index (Phi) is 4.14. The Morgan fingerprint density at radius 2 is 2.35 bits per heavy atom. The average molecular weight is 276 g/mol. The van der Waals surface area contributed by atoms with E-state index in [0.29, 0.717) is 29.4 Å². The second kappa shape index (κ2) is 6.00. The van der Waals surface area contributed by atoms with E-state index in [1.807, 2.05) is 6.92 Å². The molecule has 2 rings (SSSR count). The van der Waals surface area contributed by atoms with Crippen LogP contribution in [0.15, 0.2) is 18.2 Å². The van der Waals surface area contributed by atoms with Gasteiger partial charge in [-0.3, -0.25) is 4.79 Å². The van der Waals surface area contributed by atoms with E-state index in [2.05, 4.69) is 25.9 Å². The number of aromatic amines is 1. The van der Waals surface area contributed by atoms with Gasteiger partial charge in [0.05, 0.1) is 12.6 Å². The van der Waals surface area contributed by atoms with Gasteiger partial charge < -0.3 is 15.8 Å². The topological polar surface area (TPSA) is 119 Å². The zero-order valence-electron chi connectivity index (χ0n) is 11.3. The van der Waals surface area contributed by atoms with Crippen LogP contribution < -0.4 is 15.8 Å². The maximum Gasteiger partial charge on any atom is 0.257 e. The molecule has 106 valence electrons. The molecule has 2 aromatic rings. The van der Waals surface area contributed by atoms with Crippen molar-refractivity contribution in [2.45, 2.75) is 19.9 Å². The summed E-state index contributed by atoms with van der Waals surface area (Å²) in [6.45, 7) is 4.04. The standard InChI is InChI=1S/C12H16N6O2/c1-3-20-9-6-4-5-8(13)10(9)12(19)14-7(2)11-15-17-18-16-11/h4-7H,3,13H2,1-2H3,(H,14,19)(H,15,16,17,18). The fourth-order valence-corrected chi connectivity index (χ4v) is 1.75. The first-order valence-corrected chi connectivity index (χ1v) is 6.19. The Bertz CT molecular complexity index is 584. The molecule has 1 heterocycles. The first-order valence-electron chi connectivity index (χ1n) is 6.19. The van der Waals surface area contributed by atoms with Gasteiger partial charge >= 0.3 is 0 Å². The van der Waals surface area contributed by atoms with Crippen molar-refractivity contribution in [3.8, 4) is 5.75 Å². The fourth-order valence-electron chi connectivity index (χ4n) is 1.75. The van der Waals surface area contributed by atoms with E-state index in [-0.39, 0.29) is 5.91 Å². The molecule has 1 aromatic carbocycles. The van der Waals surface area contributed by atoms with Gasteiger partial charge in [0, 0.05) is 5.69 Å². The number of hydrogen-bond acceptors (Lipinski definition) is 6.